The molecule has 0 aliphatic carbocycles. The first-order chi connectivity index (χ1) is 8.40. The number of para-hydroxylation sites is 1. The molecule has 0 radical (unpaired) electrons. The molecule has 2 heterocycles. The van der Waals surface area contributed by atoms with Crippen molar-refractivity contribution in [2.24, 2.45) is 0 Å². The van der Waals surface area contributed by atoms with Crippen LogP contribution in [0.4, 0.5) is 0 Å². The van der Waals surface area contributed by atoms with E-state index < -0.39 is 0 Å². The van der Waals surface area contributed by atoms with Crippen molar-refractivity contribution in [3.05, 3.63) is 42.9 Å². The highest BCUT2D eigenvalue weighted by Crippen LogP contribution is 2.23. The molecule has 84 valence electrons. The molecule has 0 bridgehead atoms. The largest absolute Gasteiger partial charge is 0.229 e. The van der Waals surface area contributed by atoms with Crippen LogP contribution in [0.1, 0.15) is 0 Å². The van der Waals surface area contributed by atoms with E-state index in [-0.39, 0.29) is 0 Å². The van der Waals surface area contributed by atoms with Gasteiger partial charge in [-0.25, -0.2) is 14.6 Å². The molecule has 0 fully saturated rings. The standard InChI is InChI=1S/C12H10N4S/c1-17-12-10-7-15-16(11(10)13-8-14-12)9-5-3-2-4-6-9/h2-8H,1H3. The third-order valence-electron chi connectivity index (χ3n) is 2.52. The SMILES string of the molecule is CSc1ncnc2c1cnn2-c1ccccc1. The summed E-state index contributed by atoms with van der Waals surface area (Å²) in [6.45, 7) is 0. The maximum atomic E-state index is 4.38. The maximum Gasteiger partial charge on any atom is 0.167 e. The van der Waals surface area contributed by atoms with Gasteiger partial charge in [0.25, 0.3) is 0 Å². The Morgan fingerprint density at radius 2 is 1.94 bits per heavy atom. The highest BCUT2D eigenvalue weighted by Gasteiger charge is 2.09. The van der Waals surface area contributed by atoms with E-state index in [1.165, 1.54) is 0 Å². The molecule has 1 aromatic carbocycles. The van der Waals surface area contributed by atoms with Gasteiger partial charge in [0.05, 0.1) is 17.3 Å². The van der Waals surface area contributed by atoms with Crippen LogP contribution in [-0.4, -0.2) is 26.0 Å². The molecule has 4 nitrogen and oxygen atoms in total. The molecule has 0 saturated heterocycles. The minimum absolute atomic E-state index is 0.843. The third-order valence-corrected chi connectivity index (χ3v) is 3.24. The lowest BCUT2D eigenvalue weighted by atomic mass is 10.3. The zero-order valence-corrected chi connectivity index (χ0v) is 10.1. The minimum atomic E-state index is 0.843. The van der Waals surface area contributed by atoms with Crippen molar-refractivity contribution in [3.8, 4) is 5.69 Å². The van der Waals surface area contributed by atoms with Crippen molar-refractivity contribution in [1.82, 2.24) is 19.7 Å². The lowest BCUT2D eigenvalue weighted by Crippen LogP contribution is -1.97. The molecule has 17 heavy (non-hydrogen) atoms. The predicted octanol–water partition coefficient (Wildman–Crippen LogP) is 2.54. The summed E-state index contributed by atoms with van der Waals surface area (Å²) in [5.74, 6) is 0. The fourth-order valence-corrected chi connectivity index (χ4v) is 2.26. The number of hydrogen-bond acceptors (Lipinski definition) is 4. The lowest BCUT2D eigenvalue weighted by molar-refractivity contribution is 0.893. The smallest absolute Gasteiger partial charge is 0.167 e. The molecular weight excluding hydrogens is 232 g/mol. The van der Waals surface area contributed by atoms with Crippen LogP contribution in [-0.2, 0) is 0 Å². The van der Waals surface area contributed by atoms with E-state index in [0.717, 1.165) is 21.7 Å². The average molecular weight is 242 g/mol. The maximum absolute atomic E-state index is 4.38. The summed E-state index contributed by atoms with van der Waals surface area (Å²) >= 11 is 1.60. The second kappa shape index (κ2) is 4.18. The van der Waals surface area contributed by atoms with Crippen LogP contribution in [0.2, 0.25) is 0 Å². The summed E-state index contributed by atoms with van der Waals surface area (Å²) in [6, 6.07) is 9.97. The van der Waals surface area contributed by atoms with Crippen LogP contribution in [0.3, 0.4) is 0 Å². The van der Waals surface area contributed by atoms with E-state index >= 15 is 0 Å². The Hall–Kier alpha value is -1.88. The molecule has 0 amide bonds. The van der Waals surface area contributed by atoms with E-state index in [4.69, 9.17) is 0 Å². The lowest BCUT2D eigenvalue weighted by Gasteiger charge is -2.02. The topological polar surface area (TPSA) is 43.6 Å². The number of hydrogen-bond donors (Lipinski definition) is 0. The van der Waals surface area contributed by atoms with Gasteiger partial charge < -0.3 is 0 Å². The number of rotatable bonds is 2. The van der Waals surface area contributed by atoms with Crippen LogP contribution in [0.25, 0.3) is 16.7 Å². The van der Waals surface area contributed by atoms with Gasteiger partial charge in [-0.1, -0.05) is 18.2 Å². The molecule has 5 heteroatoms. The first-order valence-corrected chi connectivity index (χ1v) is 6.41. The number of nitrogens with zero attached hydrogens (tertiary/aromatic N) is 4. The minimum Gasteiger partial charge on any atom is -0.229 e. The second-order valence-electron chi connectivity index (χ2n) is 3.51. The summed E-state index contributed by atoms with van der Waals surface area (Å²) in [6.07, 6.45) is 5.39. The van der Waals surface area contributed by atoms with E-state index in [0.29, 0.717) is 0 Å². The van der Waals surface area contributed by atoms with Gasteiger partial charge in [-0.2, -0.15) is 5.10 Å². The number of thioether (sulfide) groups is 1. The van der Waals surface area contributed by atoms with Crippen LogP contribution in [0.5, 0.6) is 0 Å². The van der Waals surface area contributed by atoms with Crippen LogP contribution in [0, 0.1) is 0 Å². The van der Waals surface area contributed by atoms with E-state index in [1.54, 1.807) is 18.1 Å². The van der Waals surface area contributed by atoms with Gasteiger partial charge in [-0.15, -0.1) is 11.8 Å². The molecule has 0 atom stereocenters. The van der Waals surface area contributed by atoms with Crippen molar-refractivity contribution in [3.63, 3.8) is 0 Å². The van der Waals surface area contributed by atoms with Gasteiger partial charge in [-0.05, 0) is 18.4 Å². The van der Waals surface area contributed by atoms with E-state index in [1.807, 2.05) is 47.5 Å². The molecule has 2 aromatic heterocycles. The zero-order chi connectivity index (χ0) is 11.7. The molecule has 0 aliphatic rings. The molecule has 0 unspecified atom stereocenters. The van der Waals surface area contributed by atoms with E-state index in [9.17, 15) is 0 Å². The normalized spacial score (nSPS) is 10.9. The Balaban J connectivity index is 2.26. The second-order valence-corrected chi connectivity index (χ2v) is 4.31. The Morgan fingerprint density at radius 3 is 2.71 bits per heavy atom. The molecule has 3 rings (SSSR count). The predicted molar refractivity (Wildman–Crippen MR) is 68.4 cm³/mol. The highest BCUT2D eigenvalue weighted by atomic mass is 32.2. The van der Waals surface area contributed by atoms with Crippen LogP contribution in [0.15, 0.2) is 47.9 Å². The molecule has 3 aromatic rings. The van der Waals surface area contributed by atoms with Gasteiger partial charge in [-0.3, -0.25) is 0 Å². The quantitative estimate of drug-likeness (QED) is 0.511. The summed E-state index contributed by atoms with van der Waals surface area (Å²) < 4.78 is 1.83. The van der Waals surface area contributed by atoms with Crippen molar-refractivity contribution >= 4 is 22.8 Å². The fourth-order valence-electron chi connectivity index (χ4n) is 1.74. The zero-order valence-electron chi connectivity index (χ0n) is 9.24. The van der Waals surface area contributed by atoms with Crippen molar-refractivity contribution in [1.29, 1.82) is 0 Å². The van der Waals surface area contributed by atoms with Gasteiger partial charge in [0.1, 0.15) is 11.4 Å². The first-order valence-electron chi connectivity index (χ1n) is 5.18. The Kier molecular flexibility index (Phi) is 2.53. The first kappa shape index (κ1) is 10.3. The molecule has 0 saturated carbocycles. The number of aromatic nitrogens is 4. The molecule has 0 N–H and O–H groups in total. The molecular formula is C12H10N4S. The van der Waals surface area contributed by atoms with Crippen molar-refractivity contribution in [2.75, 3.05) is 6.26 Å². The van der Waals surface area contributed by atoms with Gasteiger partial charge in [0.2, 0.25) is 0 Å². The average Bonchev–Trinajstić information content (AvgIpc) is 2.83. The Morgan fingerprint density at radius 1 is 1.12 bits per heavy atom. The monoisotopic (exact) mass is 242 g/mol. The summed E-state index contributed by atoms with van der Waals surface area (Å²) in [7, 11) is 0. The Bertz CT molecular complexity index is 648. The summed E-state index contributed by atoms with van der Waals surface area (Å²) in [5.41, 5.74) is 1.85. The Labute approximate surface area is 103 Å². The van der Waals surface area contributed by atoms with Crippen molar-refractivity contribution < 1.29 is 0 Å². The summed E-state index contributed by atoms with van der Waals surface area (Å²) in [5, 5.41) is 6.32. The van der Waals surface area contributed by atoms with Gasteiger partial charge in [0.15, 0.2) is 5.65 Å². The van der Waals surface area contributed by atoms with Crippen LogP contribution >= 0.6 is 11.8 Å². The van der Waals surface area contributed by atoms with Crippen LogP contribution < -0.4 is 0 Å². The van der Waals surface area contributed by atoms with Gasteiger partial charge >= 0.3 is 0 Å². The molecule has 0 spiro atoms. The van der Waals surface area contributed by atoms with Crippen molar-refractivity contribution in [2.45, 2.75) is 5.03 Å². The third kappa shape index (κ3) is 1.68. The number of benzene rings is 1. The molecule has 0 aliphatic heterocycles. The summed E-state index contributed by atoms with van der Waals surface area (Å²) in [4.78, 5) is 8.53. The van der Waals surface area contributed by atoms with Gasteiger partial charge in [0, 0.05) is 0 Å². The fraction of sp³-hybridized carbons (Fsp3) is 0.0833. The van der Waals surface area contributed by atoms with E-state index in [2.05, 4.69) is 15.1 Å². The number of fused-ring (bicyclic) bond motifs is 1. The highest BCUT2D eigenvalue weighted by molar-refractivity contribution is 7.98.